The number of fused-ring (bicyclic) bond motifs is 1. The lowest BCUT2D eigenvalue weighted by molar-refractivity contribution is -0.121. The zero-order valence-corrected chi connectivity index (χ0v) is 14.4. The van der Waals surface area contributed by atoms with Crippen molar-refractivity contribution in [1.82, 2.24) is 10.2 Å². The molecule has 0 spiro atoms. The third-order valence-corrected chi connectivity index (χ3v) is 3.98. The van der Waals surface area contributed by atoms with Crippen LogP contribution in [-0.2, 0) is 11.2 Å². The molecule has 0 saturated carbocycles. The van der Waals surface area contributed by atoms with Crippen LogP contribution in [0.1, 0.15) is 24.0 Å². The van der Waals surface area contributed by atoms with Crippen molar-refractivity contribution in [2.75, 3.05) is 27.2 Å². The zero-order chi connectivity index (χ0) is 17.7. The number of phenols is 1. The van der Waals surface area contributed by atoms with E-state index in [0.29, 0.717) is 24.1 Å². The molecule has 130 valence electrons. The Bertz CT molecular complexity index is 780. The summed E-state index contributed by atoms with van der Waals surface area (Å²) < 4.78 is 5.26. The van der Waals surface area contributed by atoms with Crippen molar-refractivity contribution in [2.45, 2.75) is 26.2 Å². The second-order valence-electron chi connectivity index (χ2n) is 6.18. The van der Waals surface area contributed by atoms with E-state index in [1.54, 1.807) is 12.1 Å². The molecule has 24 heavy (non-hydrogen) atoms. The van der Waals surface area contributed by atoms with E-state index >= 15 is 0 Å². The maximum absolute atomic E-state index is 12.1. The Morgan fingerprint density at radius 2 is 2.08 bits per heavy atom. The van der Waals surface area contributed by atoms with Gasteiger partial charge in [-0.2, -0.15) is 0 Å². The molecule has 0 unspecified atom stereocenters. The molecular weight excluding hydrogens is 308 g/mol. The van der Waals surface area contributed by atoms with Gasteiger partial charge in [-0.3, -0.25) is 4.79 Å². The van der Waals surface area contributed by atoms with Crippen molar-refractivity contribution in [3.05, 3.63) is 39.7 Å². The molecule has 1 heterocycles. The van der Waals surface area contributed by atoms with Crippen LogP contribution in [-0.4, -0.2) is 43.1 Å². The summed E-state index contributed by atoms with van der Waals surface area (Å²) in [7, 11) is 3.98. The van der Waals surface area contributed by atoms with E-state index in [4.69, 9.17) is 4.42 Å². The number of hydrogen-bond acceptors (Lipinski definition) is 5. The third kappa shape index (κ3) is 4.58. The lowest BCUT2D eigenvalue weighted by Crippen LogP contribution is -2.27. The number of carbonyl (C=O) groups excluding carboxylic acids is 1. The van der Waals surface area contributed by atoms with Gasteiger partial charge in [-0.15, -0.1) is 0 Å². The van der Waals surface area contributed by atoms with Gasteiger partial charge in [-0.1, -0.05) is 0 Å². The highest BCUT2D eigenvalue weighted by atomic mass is 16.4. The van der Waals surface area contributed by atoms with Crippen LogP contribution < -0.4 is 10.9 Å². The van der Waals surface area contributed by atoms with Crippen LogP contribution in [0.5, 0.6) is 5.75 Å². The van der Waals surface area contributed by atoms with Crippen molar-refractivity contribution in [2.24, 2.45) is 0 Å². The van der Waals surface area contributed by atoms with Crippen LogP contribution in [0.3, 0.4) is 0 Å². The molecular formula is C18H24N2O4. The number of amides is 1. The highest BCUT2D eigenvalue weighted by Gasteiger charge is 2.13. The smallest absolute Gasteiger partial charge is 0.339 e. The van der Waals surface area contributed by atoms with Crippen molar-refractivity contribution in [1.29, 1.82) is 0 Å². The van der Waals surface area contributed by atoms with Gasteiger partial charge in [0.2, 0.25) is 5.91 Å². The fraction of sp³-hybridized carbons (Fsp3) is 0.444. The van der Waals surface area contributed by atoms with Crippen molar-refractivity contribution >= 4 is 16.9 Å². The molecule has 0 aliphatic heterocycles. The standard InChI is InChI=1S/C18H24N2O4/c1-12-14-6-5-13(21)11-16(14)24-18(23)15(12)7-8-17(22)19-9-4-10-20(2)3/h5-6,11,21H,4,7-10H2,1-3H3,(H,19,22). The van der Waals surface area contributed by atoms with Gasteiger partial charge in [0.15, 0.2) is 0 Å². The summed E-state index contributed by atoms with van der Waals surface area (Å²) in [5, 5.41) is 13.1. The number of phenolic OH excluding ortho intramolecular Hbond substituents is 1. The van der Waals surface area contributed by atoms with Crippen LogP contribution in [0.25, 0.3) is 11.0 Å². The number of nitrogens with zero attached hydrogens (tertiary/aromatic N) is 1. The van der Waals surface area contributed by atoms with Gasteiger partial charge in [-0.05, 0) is 58.1 Å². The number of aryl methyl sites for hydroxylation is 1. The minimum atomic E-state index is -0.453. The van der Waals surface area contributed by atoms with E-state index < -0.39 is 5.63 Å². The van der Waals surface area contributed by atoms with E-state index in [1.807, 2.05) is 21.0 Å². The molecule has 2 aromatic rings. The molecule has 0 saturated heterocycles. The Labute approximate surface area is 141 Å². The Kier molecular flexibility index (Phi) is 5.98. The molecule has 0 radical (unpaired) electrons. The Balaban J connectivity index is 2.01. The summed E-state index contributed by atoms with van der Waals surface area (Å²) in [4.78, 5) is 26.1. The predicted octanol–water partition coefficient (Wildman–Crippen LogP) is 1.81. The van der Waals surface area contributed by atoms with Gasteiger partial charge in [0.1, 0.15) is 11.3 Å². The number of hydrogen-bond donors (Lipinski definition) is 2. The van der Waals surface area contributed by atoms with Gasteiger partial charge < -0.3 is 19.7 Å². The Hall–Kier alpha value is -2.34. The van der Waals surface area contributed by atoms with E-state index in [1.165, 1.54) is 6.07 Å². The largest absolute Gasteiger partial charge is 0.508 e. The summed E-state index contributed by atoms with van der Waals surface area (Å²) >= 11 is 0. The maximum atomic E-state index is 12.1. The summed E-state index contributed by atoms with van der Waals surface area (Å²) in [6, 6.07) is 4.69. The first-order valence-electron chi connectivity index (χ1n) is 8.05. The molecule has 1 aromatic carbocycles. The first-order chi connectivity index (χ1) is 11.4. The second kappa shape index (κ2) is 7.97. The van der Waals surface area contributed by atoms with Gasteiger partial charge in [-0.25, -0.2) is 4.79 Å². The molecule has 0 fully saturated rings. The Morgan fingerprint density at radius 1 is 1.33 bits per heavy atom. The third-order valence-electron chi connectivity index (χ3n) is 3.98. The average molecular weight is 332 g/mol. The van der Waals surface area contributed by atoms with Crippen LogP contribution in [0.2, 0.25) is 0 Å². The summed E-state index contributed by atoms with van der Waals surface area (Å²) in [5.41, 5.74) is 1.21. The predicted molar refractivity (Wildman–Crippen MR) is 93.4 cm³/mol. The van der Waals surface area contributed by atoms with Gasteiger partial charge in [0.25, 0.3) is 0 Å². The van der Waals surface area contributed by atoms with E-state index in [9.17, 15) is 14.7 Å². The average Bonchev–Trinajstić information content (AvgIpc) is 2.50. The maximum Gasteiger partial charge on any atom is 0.339 e. The van der Waals surface area contributed by atoms with Crippen LogP contribution >= 0.6 is 0 Å². The number of aromatic hydroxyl groups is 1. The van der Waals surface area contributed by atoms with Crippen LogP contribution in [0.15, 0.2) is 27.4 Å². The number of rotatable bonds is 7. The molecule has 0 aliphatic carbocycles. The van der Waals surface area contributed by atoms with E-state index in [2.05, 4.69) is 10.2 Å². The number of nitrogens with one attached hydrogen (secondary N) is 1. The first-order valence-corrected chi connectivity index (χ1v) is 8.05. The van der Waals surface area contributed by atoms with Crippen LogP contribution in [0.4, 0.5) is 0 Å². The lowest BCUT2D eigenvalue weighted by Gasteiger charge is -2.10. The molecule has 2 rings (SSSR count). The van der Waals surface area contributed by atoms with Crippen molar-refractivity contribution in [3.63, 3.8) is 0 Å². The fourth-order valence-electron chi connectivity index (χ4n) is 2.62. The van der Waals surface area contributed by atoms with Crippen molar-refractivity contribution < 1.29 is 14.3 Å². The summed E-state index contributed by atoms with van der Waals surface area (Å²) in [6.45, 7) is 3.38. The molecule has 2 N–H and O–H groups in total. The zero-order valence-electron chi connectivity index (χ0n) is 14.4. The number of benzene rings is 1. The van der Waals surface area contributed by atoms with Gasteiger partial charge in [0, 0.05) is 30.0 Å². The molecule has 1 amide bonds. The minimum Gasteiger partial charge on any atom is -0.508 e. The molecule has 0 aliphatic rings. The Morgan fingerprint density at radius 3 is 2.79 bits per heavy atom. The molecule has 0 atom stereocenters. The molecule has 6 nitrogen and oxygen atoms in total. The second-order valence-corrected chi connectivity index (χ2v) is 6.18. The van der Waals surface area contributed by atoms with Gasteiger partial charge in [0.05, 0.1) is 0 Å². The van der Waals surface area contributed by atoms with Crippen LogP contribution in [0, 0.1) is 6.92 Å². The fourth-order valence-corrected chi connectivity index (χ4v) is 2.62. The summed E-state index contributed by atoms with van der Waals surface area (Å²) in [6.07, 6.45) is 1.47. The summed E-state index contributed by atoms with van der Waals surface area (Å²) in [5.74, 6) is -0.0201. The topological polar surface area (TPSA) is 82.8 Å². The minimum absolute atomic E-state index is 0.0508. The van der Waals surface area contributed by atoms with E-state index in [-0.39, 0.29) is 18.1 Å². The molecule has 0 bridgehead atoms. The van der Waals surface area contributed by atoms with E-state index in [0.717, 1.165) is 23.9 Å². The highest BCUT2D eigenvalue weighted by Crippen LogP contribution is 2.23. The monoisotopic (exact) mass is 332 g/mol. The SMILES string of the molecule is Cc1c(CCC(=O)NCCCN(C)C)c(=O)oc2cc(O)ccc12. The normalized spacial score (nSPS) is 11.2. The highest BCUT2D eigenvalue weighted by molar-refractivity contribution is 5.82. The first kappa shape index (κ1) is 18.0. The van der Waals surface area contributed by atoms with Crippen molar-refractivity contribution in [3.8, 4) is 5.75 Å². The molecule has 1 aromatic heterocycles. The quantitative estimate of drug-likeness (QED) is 0.597. The lowest BCUT2D eigenvalue weighted by atomic mass is 10.0. The van der Waals surface area contributed by atoms with Gasteiger partial charge >= 0.3 is 5.63 Å². The molecule has 6 heteroatoms. The number of carbonyl (C=O) groups is 1.